The zero-order valence-corrected chi connectivity index (χ0v) is 30.2. The molecule has 270 valence electrons. The Morgan fingerprint density at radius 3 is 1.37 bits per heavy atom. The van der Waals surface area contributed by atoms with Gasteiger partial charge in [-0.1, -0.05) is 79.1 Å². The lowest BCUT2D eigenvalue weighted by Gasteiger charge is -2.20. The summed E-state index contributed by atoms with van der Waals surface area (Å²) in [5, 5.41) is 3.29. The van der Waals surface area contributed by atoms with Crippen LogP contribution >= 0.6 is 0 Å². The first-order chi connectivity index (χ1) is 22.1. The fourth-order valence-corrected chi connectivity index (χ4v) is 5.06. The van der Waals surface area contributed by atoms with Crippen molar-refractivity contribution in [3.63, 3.8) is 0 Å². The van der Waals surface area contributed by atoms with Crippen molar-refractivity contribution in [3.8, 4) is 0 Å². The number of unbranched alkanes of at least 4 members (excludes halogenated alkanes) is 6. The van der Waals surface area contributed by atoms with E-state index in [1.807, 2.05) is 14.1 Å². The zero-order chi connectivity index (χ0) is 34.4. The first kappa shape index (κ1) is 43.8. The van der Waals surface area contributed by atoms with Crippen LogP contribution in [-0.2, 0) is 38.1 Å². The molecule has 0 aromatic heterocycles. The number of hydrogen-bond acceptors (Lipinski definition) is 10. The molecule has 0 rings (SSSR count). The maximum atomic E-state index is 12.5. The van der Waals surface area contributed by atoms with Crippen molar-refractivity contribution in [2.24, 2.45) is 0 Å². The lowest BCUT2D eigenvalue weighted by molar-refractivity contribution is -0.156. The highest BCUT2D eigenvalue weighted by Crippen LogP contribution is 2.16. The van der Waals surface area contributed by atoms with E-state index in [9.17, 15) is 19.2 Å². The fourth-order valence-electron chi connectivity index (χ4n) is 5.06. The fraction of sp³-hybridized carbons (Fsp3) is 0.889. The van der Waals surface area contributed by atoms with Crippen LogP contribution in [0.2, 0.25) is 0 Å². The van der Waals surface area contributed by atoms with Crippen molar-refractivity contribution in [2.45, 2.75) is 168 Å². The number of carbonyl (C=O) groups is 4. The Kier molecular flexibility index (Phi) is 28.7. The Labute approximate surface area is 280 Å². The van der Waals surface area contributed by atoms with Crippen molar-refractivity contribution in [3.05, 3.63) is 0 Å². The molecule has 10 nitrogen and oxygen atoms in total. The van der Waals surface area contributed by atoms with Gasteiger partial charge < -0.3 is 29.2 Å². The second-order valence-corrected chi connectivity index (χ2v) is 12.7. The number of ether oxygens (including phenoxy) is 4. The number of hydrogen-bond donors (Lipinski definition) is 1. The smallest absolute Gasteiger partial charge is 0.306 e. The third-order valence-electron chi connectivity index (χ3n) is 7.75. The molecule has 0 saturated carbocycles. The molecule has 46 heavy (non-hydrogen) atoms. The van der Waals surface area contributed by atoms with Gasteiger partial charge in [-0.2, -0.15) is 0 Å². The summed E-state index contributed by atoms with van der Waals surface area (Å²) < 4.78 is 22.2. The highest BCUT2D eigenvalue weighted by Gasteiger charge is 2.19. The molecule has 0 aliphatic rings. The Bertz CT molecular complexity index is 736. The minimum absolute atomic E-state index is 0.00220. The molecule has 0 saturated heterocycles. The molecule has 2 unspecified atom stereocenters. The second kappa shape index (κ2) is 30.2. The molecule has 1 N–H and O–H groups in total. The Morgan fingerprint density at radius 2 is 0.978 bits per heavy atom. The predicted octanol–water partition coefficient (Wildman–Crippen LogP) is 6.91. The topological polar surface area (TPSA) is 120 Å². The van der Waals surface area contributed by atoms with Gasteiger partial charge in [-0.25, -0.2) is 0 Å². The number of carbonyl (C=O) groups excluding carboxylic acids is 4. The SMILES string of the molecule is CCCCCCC(CCC)OC(=O)CCC(=O)OCC(COC(=O)CCC(=O)OC(CCC)CCCCCC)NCCCN(C)C. The molecule has 0 radical (unpaired) electrons. The van der Waals surface area contributed by atoms with Crippen molar-refractivity contribution in [1.82, 2.24) is 10.2 Å². The molecule has 0 spiro atoms. The zero-order valence-electron chi connectivity index (χ0n) is 30.2. The molecule has 0 aromatic carbocycles. The van der Waals surface area contributed by atoms with Gasteiger partial charge >= 0.3 is 23.9 Å². The highest BCUT2D eigenvalue weighted by molar-refractivity contribution is 5.78. The summed E-state index contributed by atoms with van der Waals surface area (Å²) in [5.74, 6) is -1.77. The van der Waals surface area contributed by atoms with Crippen LogP contribution in [0.25, 0.3) is 0 Å². The van der Waals surface area contributed by atoms with E-state index in [2.05, 4.69) is 37.9 Å². The molecule has 0 aromatic rings. The van der Waals surface area contributed by atoms with Crippen LogP contribution in [0.4, 0.5) is 0 Å². The lowest BCUT2D eigenvalue weighted by atomic mass is 10.1. The molecule has 2 atom stereocenters. The molecule has 0 bridgehead atoms. The average molecular weight is 657 g/mol. The van der Waals surface area contributed by atoms with E-state index in [0.29, 0.717) is 6.54 Å². The van der Waals surface area contributed by atoms with Gasteiger partial charge in [0, 0.05) is 0 Å². The van der Waals surface area contributed by atoms with Crippen LogP contribution < -0.4 is 5.32 Å². The van der Waals surface area contributed by atoms with E-state index in [1.54, 1.807) is 0 Å². The van der Waals surface area contributed by atoms with Gasteiger partial charge in [0.15, 0.2) is 0 Å². The van der Waals surface area contributed by atoms with Crippen molar-refractivity contribution in [1.29, 1.82) is 0 Å². The van der Waals surface area contributed by atoms with Gasteiger partial charge in [-0.05, 0) is 72.1 Å². The summed E-state index contributed by atoms with van der Waals surface area (Å²) in [6.45, 7) is 9.98. The second-order valence-electron chi connectivity index (χ2n) is 12.7. The number of rotatable bonds is 31. The van der Waals surface area contributed by atoms with Gasteiger partial charge in [-0.3, -0.25) is 19.2 Å². The number of nitrogens with one attached hydrogen (secondary N) is 1. The molecule has 0 aliphatic heterocycles. The monoisotopic (exact) mass is 656 g/mol. The Hall–Kier alpha value is -2.20. The van der Waals surface area contributed by atoms with Gasteiger partial charge in [0.05, 0.1) is 31.7 Å². The quantitative estimate of drug-likeness (QED) is 0.0479. The van der Waals surface area contributed by atoms with E-state index in [1.165, 1.54) is 12.8 Å². The molecule has 0 heterocycles. The first-order valence-electron chi connectivity index (χ1n) is 18.2. The van der Waals surface area contributed by atoms with E-state index in [0.717, 1.165) is 90.0 Å². The normalized spacial score (nSPS) is 13.2. The van der Waals surface area contributed by atoms with Crippen LogP contribution in [-0.4, -0.2) is 87.4 Å². The van der Waals surface area contributed by atoms with Crippen molar-refractivity contribution < 1.29 is 38.1 Å². The Balaban J connectivity index is 4.68. The van der Waals surface area contributed by atoms with E-state index in [-0.39, 0.29) is 63.0 Å². The molecular formula is C36H68N2O8. The summed E-state index contributed by atoms with van der Waals surface area (Å²) >= 11 is 0. The third kappa shape index (κ3) is 27.0. The molecule has 10 heteroatoms. The first-order valence-corrected chi connectivity index (χ1v) is 18.2. The molecule has 0 fully saturated rings. The molecule has 0 aliphatic carbocycles. The van der Waals surface area contributed by atoms with E-state index >= 15 is 0 Å². The lowest BCUT2D eigenvalue weighted by Crippen LogP contribution is -2.40. The van der Waals surface area contributed by atoms with Crippen LogP contribution in [0, 0.1) is 0 Å². The maximum Gasteiger partial charge on any atom is 0.306 e. The maximum absolute atomic E-state index is 12.5. The molecular weight excluding hydrogens is 588 g/mol. The van der Waals surface area contributed by atoms with Gasteiger partial charge in [-0.15, -0.1) is 0 Å². The summed E-state index contributed by atoms with van der Waals surface area (Å²) in [7, 11) is 3.98. The Morgan fingerprint density at radius 1 is 0.543 bits per heavy atom. The predicted molar refractivity (Wildman–Crippen MR) is 182 cm³/mol. The van der Waals surface area contributed by atoms with Crippen LogP contribution in [0.5, 0.6) is 0 Å². The van der Waals surface area contributed by atoms with Gasteiger partial charge in [0.2, 0.25) is 0 Å². The van der Waals surface area contributed by atoms with Gasteiger partial charge in [0.1, 0.15) is 25.4 Å². The van der Waals surface area contributed by atoms with Gasteiger partial charge in [0.25, 0.3) is 0 Å². The van der Waals surface area contributed by atoms with Crippen LogP contribution in [0.3, 0.4) is 0 Å². The average Bonchev–Trinajstić information content (AvgIpc) is 3.02. The van der Waals surface area contributed by atoms with E-state index < -0.39 is 18.0 Å². The largest absolute Gasteiger partial charge is 0.464 e. The highest BCUT2D eigenvalue weighted by atomic mass is 16.6. The number of nitrogens with zero attached hydrogens (tertiary/aromatic N) is 1. The summed E-state index contributed by atoms with van der Waals surface area (Å²) in [6.07, 6.45) is 14.7. The summed E-state index contributed by atoms with van der Waals surface area (Å²) in [5.41, 5.74) is 0. The van der Waals surface area contributed by atoms with Crippen molar-refractivity contribution in [2.75, 3.05) is 40.4 Å². The summed E-state index contributed by atoms with van der Waals surface area (Å²) in [4.78, 5) is 51.8. The summed E-state index contributed by atoms with van der Waals surface area (Å²) in [6, 6.07) is -0.414. The van der Waals surface area contributed by atoms with Crippen LogP contribution in [0.1, 0.15) is 150 Å². The van der Waals surface area contributed by atoms with Crippen LogP contribution in [0.15, 0.2) is 0 Å². The minimum atomic E-state index is -0.502. The van der Waals surface area contributed by atoms with E-state index in [4.69, 9.17) is 18.9 Å². The minimum Gasteiger partial charge on any atom is -0.464 e. The number of esters is 4. The van der Waals surface area contributed by atoms with Crippen molar-refractivity contribution >= 4 is 23.9 Å². The third-order valence-corrected chi connectivity index (χ3v) is 7.75. The molecule has 0 amide bonds. The standard InChI is InChI=1S/C36H68N2O8/c1-7-11-13-15-20-31(18-9-3)45-35(41)24-22-33(39)43-28-30(37-26-17-27-38(5)6)29-44-34(40)23-25-36(42)46-32(19-10-4)21-16-14-12-8-2/h30-32,37H,7-29H2,1-6H3.